The maximum atomic E-state index is 12.7. The number of alkyl halides is 3. The van der Waals surface area contributed by atoms with Gasteiger partial charge in [-0.05, 0) is 43.3 Å². The Labute approximate surface area is 136 Å². The second-order valence-electron chi connectivity index (χ2n) is 5.24. The lowest BCUT2D eigenvalue weighted by atomic mass is 9.94. The van der Waals surface area contributed by atoms with Crippen molar-refractivity contribution in [2.75, 3.05) is 0 Å². The highest BCUT2D eigenvalue weighted by Gasteiger charge is 2.55. The molecule has 0 aliphatic rings. The lowest BCUT2D eigenvalue weighted by Crippen LogP contribution is -2.49. The van der Waals surface area contributed by atoms with Gasteiger partial charge in [-0.3, -0.25) is 4.79 Å². The maximum absolute atomic E-state index is 12.7. The minimum absolute atomic E-state index is 0.0198. The van der Waals surface area contributed by atoms with Crippen LogP contribution in [0.2, 0.25) is 0 Å². The topological polar surface area (TPSA) is 71.4 Å². The van der Waals surface area contributed by atoms with E-state index in [0.29, 0.717) is 6.92 Å². The molecule has 0 heterocycles. The number of Topliss-reactive ketones (excluding diaryl/α,β-unsaturated/α-hetero) is 1. The molecule has 1 N–H and O–H groups in total. The molecule has 8 heteroatoms. The summed E-state index contributed by atoms with van der Waals surface area (Å²) in [5, 5.41) is 9.39. The lowest BCUT2D eigenvalue weighted by molar-refractivity contribution is -0.229. The van der Waals surface area contributed by atoms with E-state index in [0.717, 1.165) is 24.3 Å². The number of carbonyl (C=O) groups excluding carboxylic acids is 1. The van der Waals surface area contributed by atoms with Gasteiger partial charge in [0.2, 0.25) is 21.2 Å². The number of aliphatic hydroxyl groups is 1. The molecule has 1 atom stereocenters. The summed E-state index contributed by atoms with van der Waals surface area (Å²) in [6.45, 7) is 0.351. The van der Waals surface area contributed by atoms with E-state index in [1.54, 1.807) is 6.07 Å². The molecule has 2 aromatic carbocycles. The third-order valence-electron chi connectivity index (χ3n) is 3.47. The Morgan fingerprint density at radius 2 is 1.38 bits per heavy atom. The molecule has 0 saturated heterocycles. The van der Waals surface area contributed by atoms with E-state index in [1.807, 2.05) is 0 Å². The number of hydrogen-bond donors (Lipinski definition) is 1. The van der Waals surface area contributed by atoms with Crippen molar-refractivity contribution in [2.45, 2.75) is 28.5 Å². The van der Waals surface area contributed by atoms with Crippen molar-refractivity contribution in [3.63, 3.8) is 0 Å². The Morgan fingerprint density at radius 1 is 0.917 bits per heavy atom. The summed E-state index contributed by atoms with van der Waals surface area (Å²) in [5.41, 5.74) is -3.99. The molecule has 0 aliphatic carbocycles. The quantitative estimate of drug-likeness (QED) is 0.853. The summed E-state index contributed by atoms with van der Waals surface area (Å²) >= 11 is 0. The van der Waals surface area contributed by atoms with Crippen LogP contribution in [0.3, 0.4) is 0 Å². The van der Waals surface area contributed by atoms with Crippen molar-refractivity contribution in [1.82, 2.24) is 0 Å². The minimum Gasteiger partial charge on any atom is -0.374 e. The van der Waals surface area contributed by atoms with Gasteiger partial charge in [-0.1, -0.05) is 18.2 Å². The van der Waals surface area contributed by atoms with E-state index in [2.05, 4.69) is 0 Å². The molecule has 0 amide bonds. The Bertz CT molecular complexity index is 839. The fourth-order valence-electron chi connectivity index (χ4n) is 1.93. The predicted octanol–water partition coefficient (Wildman–Crippen LogP) is 3.02. The number of rotatable bonds is 4. The van der Waals surface area contributed by atoms with Gasteiger partial charge < -0.3 is 5.11 Å². The van der Waals surface area contributed by atoms with Crippen LogP contribution < -0.4 is 0 Å². The standard InChI is InChI=1S/C16H13F3O4S/c1-15(21,16(17,18)19)14(20)11-7-9-13(10-8-11)24(22,23)12-5-3-2-4-6-12/h2-10,21H,1H3/t15-/m0/s1. The second kappa shape index (κ2) is 6.03. The highest BCUT2D eigenvalue weighted by Crippen LogP contribution is 2.33. The van der Waals surface area contributed by atoms with E-state index in [1.165, 1.54) is 24.3 Å². The van der Waals surface area contributed by atoms with Gasteiger partial charge in [-0.2, -0.15) is 13.2 Å². The molecule has 2 aromatic rings. The number of halogens is 3. The monoisotopic (exact) mass is 358 g/mol. The molecule has 0 radical (unpaired) electrons. The fraction of sp³-hybridized carbons (Fsp3) is 0.188. The van der Waals surface area contributed by atoms with Gasteiger partial charge in [0.05, 0.1) is 9.79 Å². The zero-order valence-electron chi connectivity index (χ0n) is 12.4. The third kappa shape index (κ3) is 3.20. The van der Waals surface area contributed by atoms with E-state index < -0.39 is 33.0 Å². The molecular weight excluding hydrogens is 345 g/mol. The van der Waals surface area contributed by atoms with Crippen LogP contribution in [-0.2, 0) is 9.84 Å². The number of benzene rings is 2. The highest BCUT2D eigenvalue weighted by atomic mass is 32.2. The first-order valence-corrected chi connectivity index (χ1v) is 8.20. The Kier molecular flexibility index (Phi) is 4.56. The van der Waals surface area contributed by atoms with Gasteiger partial charge in [0.25, 0.3) is 0 Å². The molecule has 0 spiro atoms. The summed E-state index contributed by atoms with van der Waals surface area (Å²) < 4.78 is 62.8. The molecule has 128 valence electrons. The van der Waals surface area contributed by atoms with Gasteiger partial charge >= 0.3 is 6.18 Å². The summed E-state index contributed by atoms with van der Waals surface area (Å²) in [6, 6.07) is 11.4. The van der Waals surface area contributed by atoms with Crippen LogP contribution in [0, 0.1) is 0 Å². The number of hydrogen-bond acceptors (Lipinski definition) is 4. The van der Waals surface area contributed by atoms with Crippen molar-refractivity contribution in [2.24, 2.45) is 0 Å². The van der Waals surface area contributed by atoms with E-state index in [4.69, 9.17) is 0 Å². The Morgan fingerprint density at radius 3 is 1.83 bits per heavy atom. The SMILES string of the molecule is C[C@](O)(C(=O)c1ccc(S(=O)(=O)c2ccccc2)cc1)C(F)(F)F. The summed E-state index contributed by atoms with van der Waals surface area (Å²) in [7, 11) is -3.84. The van der Waals surface area contributed by atoms with Crippen LogP contribution in [0.4, 0.5) is 13.2 Å². The zero-order valence-corrected chi connectivity index (χ0v) is 13.2. The molecule has 0 aliphatic heterocycles. The molecule has 0 unspecified atom stereocenters. The van der Waals surface area contributed by atoms with Gasteiger partial charge in [-0.15, -0.1) is 0 Å². The van der Waals surface area contributed by atoms with Crippen molar-refractivity contribution < 1.29 is 31.5 Å². The summed E-state index contributed by atoms with van der Waals surface area (Å²) in [4.78, 5) is 11.7. The van der Waals surface area contributed by atoms with Crippen molar-refractivity contribution in [3.8, 4) is 0 Å². The Balaban J connectivity index is 2.37. The van der Waals surface area contributed by atoms with Gasteiger partial charge in [-0.25, -0.2) is 8.42 Å². The molecule has 4 nitrogen and oxygen atoms in total. The van der Waals surface area contributed by atoms with Gasteiger partial charge in [0, 0.05) is 5.56 Å². The molecule has 0 aromatic heterocycles. The van der Waals surface area contributed by atoms with Gasteiger partial charge in [0.15, 0.2) is 0 Å². The highest BCUT2D eigenvalue weighted by molar-refractivity contribution is 7.91. The van der Waals surface area contributed by atoms with Crippen LogP contribution in [-0.4, -0.2) is 31.1 Å². The first kappa shape index (κ1) is 18.2. The predicted molar refractivity (Wildman–Crippen MR) is 79.3 cm³/mol. The normalized spacial score (nSPS) is 14.9. The van der Waals surface area contributed by atoms with Crippen molar-refractivity contribution in [3.05, 3.63) is 60.2 Å². The van der Waals surface area contributed by atoms with Crippen molar-refractivity contribution >= 4 is 15.6 Å². The third-order valence-corrected chi connectivity index (χ3v) is 5.26. The van der Waals surface area contributed by atoms with Crippen LogP contribution >= 0.6 is 0 Å². The minimum atomic E-state index is -5.14. The molecule has 0 bridgehead atoms. The molecule has 0 fully saturated rings. The van der Waals surface area contributed by atoms with E-state index >= 15 is 0 Å². The first-order chi connectivity index (χ1) is 11.0. The lowest BCUT2D eigenvalue weighted by Gasteiger charge is -2.24. The fourth-order valence-corrected chi connectivity index (χ4v) is 3.21. The first-order valence-electron chi connectivity index (χ1n) is 6.72. The number of sulfone groups is 1. The number of carbonyl (C=O) groups is 1. The average molecular weight is 358 g/mol. The Hall–Kier alpha value is -2.19. The van der Waals surface area contributed by atoms with Crippen LogP contribution in [0.25, 0.3) is 0 Å². The molecule has 24 heavy (non-hydrogen) atoms. The largest absolute Gasteiger partial charge is 0.424 e. The second-order valence-corrected chi connectivity index (χ2v) is 7.19. The number of ketones is 1. The van der Waals surface area contributed by atoms with Crippen LogP contribution in [0.1, 0.15) is 17.3 Å². The molecule has 0 saturated carbocycles. The van der Waals surface area contributed by atoms with Crippen LogP contribution in [0.15, 0.2) is 64.4 Å². The van der Waals surface area contributed by atoms with Gasteiger partial charge in [0.1, 0.15) is 0 Å². The zero-order chi connectivity index (χ0) is 18.2. The van der Waals surface area contributed by atoms with Crippen LogP contribution in [0.5, 0.6) is 0 Å². The summed E-state index contributed by atoms with van der Waals surface area (Å²) in [5.74, 6) is -1.56. The van der Waals surface area contributed by atoms with Crippen molar-refractivity contribution in [1.29, 1.82) is 0 Å². The maximum Gasteiger partial charge on any atom is 0.424 e. The average Bonchev–Trinajstić information content (AvgIpc) is 2.54. The molecular formula is C16H13F3O4S. The summed E-state index contributed by atoms with van der Waals surface area (Å²) in [6.07, 6.45) is -5.14. The molecule has 2 rings (SSSR count). The van der Waals surface area contributed by atoms with E-state index in [9.17, 15) is 31.5 Å². The van der Waals surface area contributed by atoms with E-state index in [-0.39, 0.29) is 9.79 Å². The smallest absolute Gasteiger partial charge is 0.374 e.